The predicted molar refractivity (Wildman–Crippen MR) is 83.4 cm³/mol. The smallest absolute Gasteiger partial charge is 0.0125 e. The minimum absolute atomic E-state index is 0.355. The zero-order valence-corrected chi connectivity index (χ0v) is 14.0. The zero-order chi connectivity index (χ0) is 14.3. The van der Waals surface area contributed by atoms with Gasteiger partial charge in [0.25, 0.3) is 0 Å². The fourth-order valence-corrected chi connectivity index (χ4v) is 3.84. The molecule has 19 heavy (non-hydrogen) atoms. The third-order valence-corrected chi connectivity index (χ3v) is 4.85. The lowest BCUT2D eigenvalue weighted by molar-refractivity contribution is -0.00273. The van der Waals surface area contributed by atoms with Crippen molar-refractivity contribution in [2.45, 2.75) is 59.9 Å². The van der Waals surface area contributed by atoms with Gasteiger partial charge < -0.3 is 4.90 Å². The first-order chi connectivity index (χ1) is 8.65. The molecule has 0 spiro atoms. The minimum atomic E-state index is 0.355. The maximum absolute atomic E-state index is 2.72. The second kappa shape index (κ2) is 5.37. The quantitative estimate of drug-likeness (QED) is 0.717. The molecule has 0 aromatic heterocycles. The van der Waals surface area contributed by atoms with Gasteiger partial charge in [0.2, 0.25) is 0 Å². The fraction of sp³-hybridized carbons (Fsp3) is 1.00. The van der Waals surface area contributed by atoms with E-state index in [0.29, 0.717) is 11.0 Å². The average molecular weight is 266 g/mol. The van der Waals surface area contributed by atoms with E-state index in [2.05, 4.69) is 51.3 Å². The van der Waals surface area contributed by atoms with Crippen molar-refractivity contribution < 1.29 is 0 Å². The van der Waals surface area contributed by atoms with Gasteiger partial charge in [-0.2, -0.15) is 0 Å². The van der Waals surface area contributed by atoms with Crippen molar-refractivity contribution in [3.63, 3.8) is 0 Å². The van der Waals surface area contributed by atoms with E-state index in [-0.39, 0.29) is 0 Å². The van der Waals surface area contributed by atoms with E-state index < -0.39 is 0 Å². The number of fused-ring (bicyclic) bond motifs is 1. The Labute approximate surface area is 120 Å². The van der Waals surface area contributed by atoms with Crippen molar-refractivity contribution in [2.75, 3.05) is 32.7 Å². The zero-order valence-electron chi connectivity index (χ0n) is 14.0. The average Bonchev–Trinajstić information content (AvgIpc) is 2.24. The summed E-state index contributed by atoms with van der Waals surface area (Å²) in [6.07, 6.45) is 2.82. The summed E-state index contributed by atoms with van der Waals surface area (Å²) in [5.74, 6) is 1.90. The molecule has 2 heteroatoms. The lowest BCUT2D eigenvalue weighted by Gasteiger charge is -2.49. The Morgan fingerprint density at radius 1 is 0.842 bits per heavy atom. The predicted octanol–water partition coefficient (Wildman–Crippen LogP) is 3.47. The summed E-state index contributed by atoms with van der Waals surface area (Å²) in [4.78, 5) is 5.42. The first-order valence-electron chi connectivity index (χ1n) is 8.12. The minimum Gasteiger partial charge on any atom is -0.303 e. The van der Waals surface area contributed by atoms with Crippen molar-refractivity contribution in [1.29, 1.82) is 0 Å². The SMILES string of the molecule is CC(C)(C)CN1CCC2CN(C(C)(C)C)CCC2C1. The van der Waals surface area contributed by atoms with Gasteiger partial charge in [-0.25, -0.2) is 0 Å². The lowest BCUT2D eigenvalue weighted by atomic mass is 9.78. The van der Waals surface area contributed by atoms with Crippen molar-refractivity contribution >= 4 is 0 Å². The third kappa shape index (κ3) is 4.19. The van der Waals surface area contributed by atoms with Gasteiger partial charge in [0.05, 0.1) is 0 Å². The van der Waals surface area contributed by atoms with Crippen LogP contribution in [-0.2, 0) is 0 Å². The van der Waals surface area contributed by atoms with Crippen molar-refractivity contribution in [1.82, 2.24) is 9.80 Å². The Morgan fingerprint density at radius 3 is 2.00 bits per heavy atom. The molecule has 2 saturated heterocycles. The number of rotatable bonds is 1. The van der Waals surface area contributed by atoms with E-state index in [9.17, 15) is 0 Å². The van der Waals surface area contributed by atoms with Crippen LogP contribution in [0.2, 0.25) is 0 Å². The first kappa shape index (κ1) is 15.3. The van der Waals surface area contributed by atoms with Crippen LogP contribution in [0.25, 0.3) is 0 Å². The van der Waals surface area contributed by atoms with E-state index in [0.717, 1.165) is 11.8 Å². The number of hydrogen-bond donors (Lipinski definition) is 0. The van der Waals surface area contributed by atoms with E-state index in [4.69, 9.17) is 0 Å². The molecule has 2 aliphatic heterocycles. The van der Waals surface area contributed by atoms with E-state index in [1.807, 2.05) is 0 Å². The Kier molecular flexibility index (Phi) is 4.32. The molecule has 0 radical (unpaired) electrons. The molecule has 2 fully saturated rings. The molecule has 2 rings (SSSR count). The normalized spacial score (nSPS) is 31.3. The van der Waals surface area contributed by atoms with Gasteiger partial charge in [-0.1, -0.05) is 20.8 Å². The van der Waals surface area contributed by atoms with Gasteiger partial charge in [0.1, 0.15) is 0 Å². The number of likely N-dealkylation sites (tertiary alicyclic amines) is 2. The summed E-state index contributed by atoms with van der Waals surface area (Å²) >= 11 is 0. The highest BCUT2D eigenvalue weighted by Crippen LogP contribution is 2.34. The molecule has 2 heterocycles. The van der Waals surface area contributed by atoms with Crippen LogP contribution in [0.15, 0.2) is 0 Å². The molecule has 0 bridgehead atoms. The van der Waals surface area contributed by atoms with Crippen LogP contribution in [0.1, 0.15) is 54.4 Å². The van der Waals surface area contributed by atoms with Crippen LogP contribution < -0.4 is 0 Å². The molecule has 0 amide bonds. The van der Waals surface area contributed by atoms with Crippen LogP contribution >= 0.6 is 0 Å². The largest absolute Gasteiger partial charge is 0.303 e. The van der Waals surface area contributed by atoms with Gasteiger partial charge in [0, 0.05) is 25.2 Å². The number of hydrogen-bond acceptors (Lipinski definition) is 2. The van der Waals surface area contributed by atoms with Gasteiger partial charge in [-0.05, 0) is 64.0 Å². The summed E-state index contributed by atoms with van der Waals surface area (Å²) in [5, 5.41) is 0. The fourth-order valence-electron chi connectivity index (χ4n) is 3.84. The van der Waals surface area contributed by atoms with Crippen LogP contribution in [0.4, 0.5) is 0 Å². The van der Waals surface area contributed by atoms with Crippen molar-refractivity contribution in [3.05, 3.63) is 0 Å². The standard InChI is InChI=1S/C17H34N2/c1-16(2,3)13-18-9-7-15-12-19(17(4,5)6)10-8-14(15)11-18/h14-15H,7-13H2,1-6H3. The van der Waals surface area contributed by atoms with Crippen LogP contribution in [-0.4, -0.2) is 48.1 Å². The highest BCUT2D eigenvalue weighted by molar-refractivity contribution is 4.91. The Hall–Kier alpha value is -0.0800. The molecule has 2 nitrogen and oxygen atoms in total. The Morgan fingerprint density at radius 2 is 1.42 bits per heavy atom. The summed E-state index contributed by atoms with van der Waals surface area (Å²) in [7, 11) is 0. The molecular formula is C17H34N2. The number of nitrogens with zero attached hydrogens (tertiary/aromatic N) is 2. The summed E-state index contributed by atoms with van der Waals surface area (Å²) < 4.78 is 0. The maximum atomic E-state index is 2.72. The van der Waals surface area contributed by atoms with Gasteiger partial charge >= 0.3 is 0 Å². The Balaban J connectivity index is 1.89. The van der Waals surface area contributed by atoms with E-state index in [1.165, 1.54) is 45.6 Å². The Bertz CT molecular complexity index is 297. The molecule has 0 N–H and O–H groups in total. The molecule has 2 aliphatic rings. The maximum Gasteiger partial charge on any atom is 0.0125 e. The molecule has 0 saturated carbocycles. The third-order valence-electron chi connectivity index (χ3n) is 4.85. The summed E-state index contributed by atoms with van der Waals surface area (Å²) in [5.41, 5.74) is 0.798. The summed E-state index contributed by atoms with van der Waals surface area (Å²) in [6, 6.07) is 0. The molecular weight excluding hydrogens is 232 g/mol. The van der Waals surface area contributed by atoms with Crippen LogP contribution in [0.3, 0.4) is 0 Å². The summed E-state index contributed by atoms with van der Waals surface area (Å²) in [6.45, 7) is 20.7. The second-order valence-corrected chi connectivity index (χ2v) is 9.01. The molecule has 2 unspecified atom stereocenters. The molecule has 2 atom stereocenters. The van der Waals surface area contributed by atoms with Crippen molar-refractivity contribution in [2.24, 2.45) is 17.3 Å². The molecule has 0 aliphatic carbocycles. The molecule has 112 valence electrons. The van der Waals surface area contributed by atoms with E-state index in [1.54, 1.807) is 0 Å². The lowest BCUT2D eigenvalue weighted by Crippen LogP contribution is -2.54. The first-order valence-corrected chi connectivity index (χ1v) is 8.12. The van der Waals surface area contributed by atoms with Crippen LogP contribution in [0.5, 0.6) is 0 Å². The topological polar surface area (TPSA) is 6.48 Å². The van der Waals surface area contributed by atoms with Gasteiger partial charge in [-0.3, -0.25) is 4.90 Å². The van der Waals surface area contributed by atoms with Gasteiger partial charge in [-0.15, -0.1) is 0 Å². The van der Waals surface area contributed by atoms with Gasteiger partial charge in [0.15, 0.2) is 0 Å². The molecule has 0 aromatic rings. The highest BCUT2D eigenvalue weighted by atomic mass is 15.2. The molecule has 0 aromatic carbocycles. The number of piperidine rings is 2. The van der Waals surface area contributed by atoms with Crippen LogP contribution in [0, 0.1) is 17.3 Å². The van der Waals surface area contributed by atoms with E-state index >= 15 is 0 Å². The second-order valence-electron chi connectivity index (χ2n) is 9.01. The monoisotopic (exact) mass is 266 g/mol. The highest BCUT2D eigenvalue weighted by Gasteiger charge is 2.37. The van der Waals surface area contributed by atoms with Crippen molar-refractivity contribution in [3.8, 4) is 0 Å².